The number of nitrogens with one attached hydrogen (secondary N) is 1. The molecule has 2 heterocycles. The Morgan fingerprint density at radius 2 is 2.06 bits per heavy atom. The van der Waals surface area contributed by atoms with Crippen molar-refractivity contribution in [2.75, 3.05) is 19.6 Å². The molecule has 0 spiro atoms. The highest BCUT2D eigenvalue weighted by Gasteiger charge is 2.34. The number of likely N-dealkylation sites (tertiary alicyclic amines) is 1. The Hall–Kier alpha value is -0.860. The summed E-state index contributed by atoms with van der Waals surface area (Å²) >= 11 is 0. The largest absolute Gasteiger partial charge is 0.314 e. The van der Waals surface area contributed by atoms with Gasteiger partial charge in [0.15, 0.2) is 0 Å². The lowest BCUT2D eigenvalue weighted by molar-refractivity contribution is 0.0681. The minimum atomic E-state index is 0.699. The van der Waals surface area contributed by atoms with E-state index in [2.05, 4.69) is 47.5 Å². The van der Waals surface area contributed by atoms with Crippen LogP contribution in [0.25, 0.3) is 0 Å². The average Bonchev–Trinajstić information content (AvgIpc) is 2.36. The van der Waals surface area contributed by atoms with E-state index in [1.807, 2.05) is 0 Å². The van der Waals surface area contributed by atoms with Crippen molar-refractivity contribution >= 4 is 0 Å². The Balaban J connectivity index is 1.65. The second-order valence-electron chi connectivity index (χ2n) is 5.74. The fraction of sp³-hybridized carbons (Fsp3) is 0.600. The van der Waals surface area contributed by atoms with Gasteiger partial charge in [-0.1, -0.05) is 30.3 Å². The van der Waals surface area contributed by atoms with E-state index >= 15 is 0 Å². The highest BCUT2D eigenvalue weighted by atomic mass is 15.2. The highest BCUT2D eigenvalue weighted by Crippen LogP contribution is 2.28. The van der Waals surface area contributed by atoms with Gasteiger partial charge in [-0.2, -0.15) is 0 Å². The van der Waals surface area contributed by atoms with E-state index in [1.165, 1.54) is 31.6 Å². The minimum absolute atomic E-state index is 0.699. The first-order chi connectivity index (χ1) is 8.31. The molecule has 0 saturated carbocycles. The number of fused-ring (bicyclic) bond motifs is 2. The number of piperidine rings is 2. The Morgan fingerprint density at radius 1 is 1.24 bits per heavy atom. The second kappa shape index (κ2) is 4.79. The fourth-order valence-corrected chi connectivity index (χ4v) is 3.35. The molecular formula is C15H22N2. The molecule has 2 heteroatoms. The van der Waals surface area contributed by atoms with Crippen LogP contribution in [0.5, 0.6) is 0 Å². The molecule has 0 aromatic heterocycles. The molecule has 2 aliphatic heterocycles. The van der Waals surface area contributed by atoms with Crippen LogP contribution in [0.4, 0.5) is 0 Å². The van der Waals surface area contributed by atoms with Gasteiger partial charge in [0, 0.05) is 25.7 Å². The first kappa shape index (κ1) is 11.2. The molecule has 0 amide bonds. The molecule has 17 heavy (non-hydrogen) atoms. The van der Waals surface area contributed by atoms with Gasteiger partial charge in [0.2, 0.25) is 0 Å². The molecule has 0 radical (unpaired) electrons. The van der Waals surface area contributed by atoms with Crippen molar-refractivity contribution in [3.8, 4) is 0 Å². The monoisotopic (exact) mass is 230 g/mol. The summed E-state index contributed by atoms with van der Waals surface area (Å²) < 4.78 is 0. The quantitative estimate of drug-likeness (QED) is 0.837. The van der Waals surface area contributed by atoms with Gasteiger partial charge in [0.25, 0.3) is 0 Å². The van der Waals surface area contributed by atoms with Crippen LogP contribution in [0.3, 0.4) is 0 Å². The number of nitrogens with zero attached hydrogens (tertiary/aromatic N) is 1. The topological polar surface area (TPSA) is 15.3 Å². The molecule has 1 aromatic carbocycles. The Kier molecular flexibility index (Phi) is 3.17. The number of hydrogen-bond donors (Lipinski definition) is 1. The third-order valence-corrected chi connectivity index (χ3v) is 4.33. The maximum absolute atomic E-state index is 3.64. The van der Waals surface area contributed by atoms with E-state index in [0.717, 1.165) is 18.4 Å². The molecule has 2 saturated heterocycles. The van der Waals surface area contributed by atoms with Crippen molar-refractivity contribution in [2.24, 2.45) is 11.8 Å². The maximum atomic E-state index is 3.64. The van der Waals surface area contributed by atoms with Gasteiger partial charge in [0.05, 0.1) is 0 Å². The summed E-state index contributed by atoms with van der Waals surface area (Å²) in [5, 5.41) is 3.64. The first-order valence-electron chi connectivity index (χ1n) is 6.81. The number of rotatable bonds is 2. The Morgan fingerprint density at radius 3 is 2.88 bits per heavy atom. The van der Waals surface area contributed by atoms with Gasteiger partial charge in [-0.25, -0.2) is 0 Å². The molecule has 2 aliphatic rings. The molecule has 0 aliphatic carbocycles. The molecular weight excluding hydrogens is 208 g/mol. The van der Waals surface area contributed by atoms with Crippen LogP contribution in [0.2, 0.25) is 0 Å². The standard InChI is InChI=1S/C15H22N2/c1-12-15-7-14(8-16-12)10-17(11-15)9-13-5-3-2-4-6-13/h2-6,12,14-16H,7-11H2,1H3/t12-,14+,15-/m0/s1. The summed E-state index contributed by atoms with van der Waals surface area (Å²) in [6, 6.07) is 11.6. The number of hydrogen-bond acceptors (Lipinski definition) is 2. The number of benzene rings is 1. The molecule has 3 atom stereocenters. The zero-order chi connectivity index (χ0) is 11.7. The zero-order valence-corrected chi connectivity index (χ0v) is 10.6. The summed E-state index contributed by atoms with van der Waals surface area (Å²) in [6.45, 7) is 7.21. The normalized spacial score (nSPS) is 33.6. The van der Waals surface area contributed by atoms with Crippen molar-refractivity contribution < 1.29 is 0 Å². The lowest BCUT2D eigenvalue weighted by atomic mass is 9.81. The maximum Gasteiger partial charge on any atom is 0.0233 e. The first-order valence-corrected chi connectivity index (χ1v) is 6.81. The Bertz CT molecular complexity index is 362. The van der Waals surface area contributed by atoms with Gasteiger partial charge in [-0.3, -0.25) is 4.90 Å². The molecule has 92 valence electrons. The second-order valence-corrected chi connectivity index (χ2v) is 5.74. The highest BCUT2D eigenvalue weighted by molar-refractivity contribution is 5.14. The van der Waals surface area contributed by atoms with Gasteiger partial charge in [-0.05, 0) is 37.3 Å². The summed E-state index contributed by atoms with van der Waals surface area (Å²) in [6.07, 6.45) is 1.43. The molecule has 2 bridgehead atoms. The van der Waals surface area contributed by atoms with Gasteiger partial charge in [0.1, 0.15) is 0 Å². The molecule has 0 unspecified atom stereocenters. The van der Waals surface area contributed by atoms with E-state index in [9.17, 15) is 0 Å². The van der Waals surface area contributed by atoms with Crippen LogP contribution in [-0.2, 0) is 6.54 Å². The summed E-state index contributed by atoms with van der Waals surface area (Å²) in [7, 11) is 0. The Labute approximate surface area is 104 Å². The van der Waals surface area contributed by atoms with Crippen molar-refractivity contribution in [3.05, 3.63) is 35.9 Å². The predicted molar refractivity (Wildman–Crippen MR) is 70.8 cm³/mol. The van der Waals surface area contributed by atoms with Crippen LogP contribution in [0, 0.1) is 11.8 Å². The SMILES string of the molecule is C[C@@H]1NC[C@H]2C[C@H]1CN(Cc1ccccc1)C2. The lowest BCUT2D eigenvalue weighted by Crippen LogP contribution is -2.54. The van der Waals surface area contributed by atoms with Gasteiger partial charge in [-0.15, -0.1) is 0 Å². The van der Waals surface area contributed by atoms with E-state index in [4.69, 9.17) is 0 Å². The van der Waals surface area contributed by atoms with Crippen LogP contribution >= 0.6 is 0 Å². The van der Waals surface area contributed by atoms with Crippen molar-refractivity contribution in [3.63, 3.8) is 0 Å². The molecule has 1 aromatic rings. The predicted octanol–water partition coefficient (Wildman–Crippen LogP) is 2.12. The van der Waals surface area contributed by atoms with Crippen LogP contribution in [-0.4, -0.2) is 30.6 Å². The van der Waals surface area contributed by atoms with E-state index < -0.39 is 0 Å². The molecule has 2 fully saturated rings. The third-order valence-electron chi connectivity index (χ3n) is 4.33. The van der Waals surface area contributed by atoms with Crippen molar-refractivity contribution in [1.29, 1.82) is 0 Å². The van der Waals surface area contributed by atoms with Crippen molar-refractivity contribution in [1.82, 2.24) is 10.2 Å². The fourth-order valence-electron chi connectivity index (χ4n) is 3.35. The van der Waals surface area contributed by atoms with Crippen LogP contribution in [0.15, 0.2) is 30.3 Å². The van der Waals surface area contributed by atoms with Crippen LogP contribution < -0.4 is 5.32 Å². The third kappa shape index (κ3) is 2.53. The minimum Gasteiger partial charge on any atom is -0.314 e. The average molecular weight is 230 g/mol. The van der Waals surface area contributed by atoms with E-state index in [1.54, 1.807) is 0 Å². The van der Waals surface area contributed by atoms with E-state index in [-0.39, 0.29) is 0 Å². The molecule has 1 N–H and O–H groups in total. The van der Waals surface area contributed by atoms with Gasteiger partial charge < -0.3 is 5.32 Å². The summed E-state index contributed by atoms with van der Waals surface area (Å²) in [4.78, 5) is 2.64. The molecule has 3 rings (SSSR count). The van der Waals surface area contributed by atoms with Crippen LogP contribution in [0.1, 0.15) is 18.9 Å². The molecule has 2 nitrogen and oxygen atoms in total. The van der Waals surface area contributed by atoms with Gasteiger partial charge >= 0.3 is 0 Å². The summed E-state index contributed by atoms with van der Waals surface area (Å²) in [5.74, 6) is 1.72. The lowest BCUT2D eigenvalue weighted by Gasteiger charge is -2.45. The van der Waals surface area contributed by atoms with E-state index in [0.29, 0.717) is 6.04 Å². The van der Waals surface area contributed by atoms with Crippen molar-refractivity contribution in [2.45, 2.75) is 25.9 Å². The summed E-state index contributed by atoms with van der Waals surface area (Å²) in [5.41, 5.74) is 1.45. The zero-order valence-electron chi connectivity index (χ0n) is 10.6. The smallest absolute Gasteiger partial charge is 0.0233 e.